The van der Waals surface area contributed by atoms with Gasteiger partial charge in [-0.2, -0.15) is 0 Å². The highest BCUT2D eigenvalue weighted by molar-refractivity contribution is 7.92. The molecule has 0 spiro atoms. The third-order valence-electron chi connectivity index (χ3n) is 5.77. The second kappa shape index (κ2) is 11.0. The molecule has 0 radical (unpaired) electrons. The van der Waals surface area contributed by atoms with E-state index in [9.17, 15) is 18.3 Å². The molecule has 1 aromatic heterocycles. The SMILES string of the molecule is CCC[C@H](C)[C@@H](C(C)NC(=O)NS(=O)(=O)c1ccc(C(C)(C)C)s1)[C@H](O)[C@@H](C)CC. The zero-order chi connectivity index (χ0) is 23.3. The molecule has 0 aliphatic rings. The quantitative estimate of drug-likeness (QED) is 0.464. The zero-order valence-electron chi connectivity index (χ0n) is 19.7. The van der Waals surface area contributed by atoms with Gasteiger partial charge < -0.3 is 10.4 Å². The first-order valence-corrected chi connectivity index (χ1v) is 13.2. The Morgan fingerprint density at radius 2 is 1.73 bits per heavy atom. The summed E-state index contributed by atoms with van der Waals surface area (Å²) in [4.78, 5) is 13.4. The molecule has 0 bridgehead atoms. The third-order valence-corrected chi connectivity index (χ3v) is 9.10. The molecule has 2 amide bonds. The second-order valence-corrected chi connectivity index (χ2v) is 12.4. The molecule has 0 aliphatic carbocycles. The van der Waals surface area contributed by atoms with Crippen LogP contribution in [0.5, 0.6) is 0 Å². The van der Waals surface area contributed by atoms with Crippen molar-refractivity contribution < 1.29 is 18.3 Å². The van der Waals surface area contributed by atoms with E-state index in [1.165, 1.54) is 17.4 Å². The molecule has 0 saturated carbocycles. The molecule has 0 aliphatic heterocycles. The average Bonchev–Trinajstić information content (AvgIpc) is 3.12. The van der Waals surface area contributed by atoms with Gasteiger partial charge >= 0.3 is 6.03 Å². The molecule has 1 aromatic rings. The monoisotopic (exact) mass is 460 g/mol. The molecule has 5 atom stereocenters. The molecule has 1 rings (SSSR count). The predicted octanol–water partition coefficient (Wildman–Crippen LogP) is 4.88. The Bertz CT molecular complexity index is 783. The third kappa shape index (κ3) is 7.24. The van der Waals surface area contributed by atoms with E-state index in [1.807, 2.05) is 41.5 Å². The van der Waals surface area contributed by atoms with E-state index in [1.54, 1.807) is 6.07 Å². The predicted molar refractivity (Wildman–Crippen MR) is 124 cm³/mol. The Morgan fingerprint density at radius 1 is 1.13 bits per heavy atom. The van der Waals surface area contributed by atoms with Crippen LogP contribution >= 0.6 is 11.3 Å². The first-order chi connectivity index (χ1) is 13.7. The minimum Gasteiger partial charge on any atom is -0.392 e. The maximum absolute atomic E-state index is 12.6. The fourth-order valence-electron chi connectivity index (χ4n) is 3.77. The number of aliphatic hydroxyl groups excluding tert-OH is 1. The van der Waals surface area contributed by atoms with E-state index in [-0.39, 0.29) is 33.4 Å². The minimum absolute atomic E-state index is 0.0901. The van der Waals surface area contributed by atoms with Gasteiger partial charge in [0.15, 0.2) is 0 Å². The van der Waals surface area contributed by atoms with Crippen LogP contribution < -0.4 is 10.0 Å². The first-order valence-electron chi connectivity index (χ1n) is 10.9. The molecular weight excluding hydrogens is 420 g/mol. The fraction of sp³-hybridized carbons (Fsp3) is 0.773. The summed E-state index contributed by atoms with van der Waals surface area (Å²) in [6, 6.07) is 2.17. The van der Waals surface area contributed by atoms with Crippen LogP contribution in [0, 0.1) is 17.8 Å². The topological polar surface area (TPSA) is 95.5 Å². The smallest absolute Gasteiger partial charge is 0.328 e. The molecule has 0 saturated heterocycles. The van der Waals surface area contributed by atoms with E-state index in [0.29, 0.717) is 0 Å². The number of aliphatic hydroxyl groups is 1. The van der Waals surface area contributed by atoms with Crippen LogP contribution in [0.25, 0.3) is 0 Å². The van der Waals surface area contributed by atoms with Crippen LogP contribution in [0.2, 0.25) is 0 Å². The molecule has 30 heavy (non-hydrogen) atoms. The first kappa shape index (κ1) is 26.9. The molecule has 174 valence electrons. The Labute approximate surface area is 186 Å². The largest absolute Gasteiger partial charge is 0.392 e. The van der Waals surface area contributed by atoms with Gasteiger partial charge in [0.2, 0.25) is 0 Å². The molecule has 0 aromatic carbocycles. The zero-order valence-corrected chi connectivity index (χ0v) is 21.3. The lowest BCUT2D eigenvalue weighted by Gasteiger charge is -2.36. The number of rotatable bonds is 10. The van der Waals surface area contributed by atoms with Crippen molar-refractivity contribution in [2.24, 2.45) is 17.8 Å². The van der Waals surface area contributed by atoms with Gasteiger partial charge in [-0.25, -0.2) is 17.9 Å². The van der Waals surface area contributed by atoms with Gasteiger partial charge in [-0.1, -0.05) is 67.7 Å². The number of hydrogen-bond acceptors (Lipinski definition) is 5. The van der Waals surface area contributed by atoms with Crippen molar-refractivity contribution in [3.05, 3.63) is 17.0 Å². The second-order valence-electron chi connectivity index (χ2n) is 9.46. The van der Waals surface area contributed by atoms with E-state index in [0.717, 1.165) is 24.1 Å². The van der Waals surface area contributed by atoms with Gasteiger partial charge in [0.1, 0.15) is 4.21 Å². The van der Waals surface area contributed by atoms with Crippen LogP contribution in [-0.4, -0.2) is 31.7 Å². The lowest BCUT2D eigenvalue weighted by molar-refractivity contribution is 0.0145. The van der Waals surface area contributed by atoms with E-state index < -0.39 is 22.2 Å². The van der Waals surface area contributed by atoms with Gasteiger partial charge in [0, 0.05) is 16.8 Å². The highest BCUT2D eigenvalue weighted by Crippen LogP contribution is 2.32. The minimum atomic E-state index is -3.95. The van der Waals surface area contributed by atoms with Crippen LogP contribution in [0.3, 0.4) is 0 Å². The summed E-state index contributed by atoms with van der Waals surface area (Å²) in [5.74, 6) is 0.118. The standard InChI is InChI=1S/C22H40N2O4S2/c1-9-11-15(4)19(20(25)14(3)10-2)16(5)23-21(26)24-30(27,28)18-13-12-17(29-18)22(6,7)8/h12-16,19-20,25H,9-11H2,1-8H3,(H2,23,24,26)/t14-,15-,16?,19-,20+/m0/s1. The van der Waals surface area contributed by atoms with Crippen LogP contribution in [-0.2, 0) is 15.4 Å². The summed E-state index contributed by atoms with van der Waals surface area (Å²) in [6.45, 7) is 16.1. The van der Waals surface area contributed by atoms with Crippen molar-refractivity contribution in [1.29, 1.82) is 0 Å². The molecule has 8 heteroatoms. The van der Waals surface area contributed by atoms with Crippen molar-refractivity contribution in [2.75, 3.05) is 0 Å². The Balaban J connectivity index is 2.93. The number of amides is 2. The molecule has 1 heterocycles. The normalized spacial score (nSPS) is 17.6. The van der Waals surface area contributed by atoms with Crippen LogP contribution in [0.15, 0.2) is 16.3 Å². The van der Waals surface area contributed by atoms with Gasteiger partial charge in [-0.15, -0.1) is 11.3 Å². The van der Waals surface area contributed by atoms with Crippen molar-refractivity contribution in [3.8, 4) is 0 Å². The lowest BCUT2D eigenvalue weighted by Crippen LogP contribution is -2.51. The Hall–Kier alpha value is -1.12. The fourth-order valence-corrected chi connectivity index (χ4v) is 6.05. The van der Waals surface area contributed by atoms with Crippen molar-refractivity contribution in [1.82, 2.24) is 10.0 Å². The van der Waals surface area contributed by atoms with Crippen molar-refractivity contribution in [3.63, 3.8) is 0 Å². The molecular formula is C22H40N2O4S2. The van der Waals surface area contributed by atoms with E-state index in [4.69, 9.17) is 0 Å². The van der Waals surface area contributed by atoms with Gasteiger partial charge in [-0.05, 0) is 36.3 Å². The number of carbonyl (C=O) groups is 1. The molecule has 6 nitrogen and oxygen atoms in total. The summed E-state index contributed by atoms with van der Waals surface area (Å²) in [5.41, 5.74) is -0.163. The maximum Gasteiger partial charge on any atom is 0.328 e. The summed E-state index contributed by atoms with van der Waals surface area (Å²) < 4.78 is 27.5. The van der Waals surface area contributed by atoms with Gasteiger partial charge in [0.25, 0.3) is 10.0 Å². The molecule has 0 fully saturated rings. The number of urea groups is 1. The summed E-state index contributed by atoms with van der Waals surface area (Å²) >= 11 is 1.17. The number of nitrogens with one attached hydrogen (secondary N) is 2. The summed E-state index contributed by atoms with van der Waals surface area (Å²) in [7, 11) is -3.95. The Kier molecular flexibility index (Phi) is 9.83. The number of thiophene rings is 1. The van der Waals surface area contributed by atoms with Gasteiger partial charge in [0.05, 0.1) is 6.10 Å². The Morgan fingerprint density at radius 3 is 2.20 bits per heavy atom. The van der Waals surface area contributed by atoms with E-state index >= 15 is 0 Å². The number of hydrogen-bond donors (Lipinski definition) is 3. The lowest BCUT2D eigenvalue weighted by atomic mass is 9.76. The summed E-state index contributed by atoms with van der Waals surface area (Å²) in [6.07, 6.45) is 2.16. The molecule has 1 unspecified atom stereocenters. The highest BCUT2D eigenvalue weighted by atomic mass is 32.2. The average molecular weight is 461 g/mol. The number of carbonyl (C=O) groups excluding carboxylic acids is 1. The maximum atomic E-state index is 12.6. The van der Waals surface area contributed by atoms with Crippen molar-refractivity contribution >= 4 is 27.4 Å². The highest BCUT2D eigenvalue weighted by Gasteiger charge is 2.34. The summed E-state index contributed by atoms with van der Waals surface area (Å²) in [5, 5.41) is 13.6. The van der Waals surface area contributed by atoms with Crippen molar-refractivity contribution in [2.45, 2.75) is 96.4 Å². The van der Waals surface area contributed by atoms with E-state index in [2.05, 4.69) is 23.9 Å². The van der Waals surface area contributed by atoms with Crippen LogP contribution in [0.1, 0.15) is 79.5 Å². The van der Waals surface area contributed by atoms with Crippen LogP contribution in [0.4, 0.5) is 4.79 Å². The molecule has 3 N–H and O–H groups in total. The number of sulfonamides is 1. The van der Waals surface area contributed by atoms with Gasteiger partial charge in [-0.3, -0.25) is 0 Å².